The molecule has 0 spiro atoms. The van der Waals surface area contributed by atoms with Crippen LogP contribution in [0.25, 0.3) is 0 Å². The van der Waals surface area contributed by atoms with Crippen LogP contribution in [0.4, 0.5) is 8.78 Å². The third-order valence-electron chi connectivity index (χ3n) is 2.27. The van der Waals surface area contributed by atoms with Gasteiger partial charge in [0.25, 0.3) is 0 Å². The van der Waals surface area contributed by atoms with Crippen LogP contribution in [0.5, 0.6) is 0 Å². The summed E-state index contributed by atoms with van der Waals surface area (Å²) in [5.41, 5.74) is 2.40. The molecule has 0 radical (unpaired) electrons. The number of halogens is 2. The largest absolute Gasteiger partial charge is 0.273 e. The number of thiophene rings is 1. The summed E-state index contributed by atoms with van der Waals surface area (Å²) in [6.07, 6.45) is 1.36. The van der Waals surface area contributed by atoms with Gasteiger partial charge in [0.05, 0.1) is 12.6 Å². The number of rotatable bonds is 4. The first-order chi connectivity index (χ1) is 9.15. The van der Waals surface area contributed by atoms with E-state index in [1.54, 1.807) is 0 Å². The van der Waals surface area contributed by atoms with Gasteiger partial charge in [0.2, 0.25) is 5.91 Å². The van der Waals surface area contributed by atoms with Crippen molar-refractivity contribution in [1.29, 1.82) is 0 Å². The molecule has 0 aliphatic carbocycles. The standard InChI is InChI=1S/C13H10F2N2OS/c14-10-4-3-9(12(15)6-10)8-16-17-13(18)7-11-2-1-5-19-11/h1-6,8H,7H2,(H,17,18)/b16-8-. The zero-order valence-electron chi connectivity index (χ0n) is 9.77. The molecule has 1 N–H and O–H groups in total. The number of hydrogen-bond acceptors (Lipinski definition) is 3. The average molecular weight is 280 g/mol. The van der Waals surface area contributed by atoms with Crippen molar-refractivity contribution >= 4 is 23.5 Å². The fourth-order valence-corrected chi connectivity index (χ4v) is 2.09. The smallest absolute Gasteiger partial charge is 0.245 e. The highest BCUT2D eigenvalue weighted by atomic mass is 32.1. The van der Waals surface area contributed by atoms with Crippen molar-refractivity contribution in [3.63, 3.8) is 0 Å². The predicted molar refractivity (Wildman–Crippen MR) is 70.1 cm³/mol. The summed E-state index contributed by atoms with van der Waals surface area (Å²) < 4.78 is 25.9. The average Bonchev–Trinajstić information content (AvgIpc) is 2.84. The number of nitrogens with zero attached hydrogens (tertiary/aromatic N) is 1. The predicted octanol–water partition coefficient (Wildman–Crippen LogP) is 2.72. The Bertz CT molecular complexity index is 597. The fraction of sp³-hybridized carbons (Fsp3) is 0.0769. The molecule has 0 fully saturated rings. The summed E-state index contributed by atoms with van der Waals surface area (Å²) in [7, 11) is 0. The minimum absolute atomic E-state index is 0.109. The van der Waals surface area contributed by atoms with Gasteiger partial charge in [0.1, 0.15) is 11.6 Å². The van der Waals surface area contributed by atoms with Gasteiger partial charge in [-0.3, -0.25) is 4.79 Å². The second-order valence-electron chi connectivity index (χ2n) is 3.72. The molecule has 0 aliphatic heterocycles. The van der Waals surface area contributed by atoms with Crippen LogP contribution in [0, 0.1) is 11.6 Å². The van der Waals surface area contributed by atoms with Gasteiger partial charge >= 0.3 is 0 Å². The van der Waals surface area contributed by atoms with Gasteiger partial charge in [0, 0.05) is 16.5 Å². The molecule has 0 saturated carbocycles. The lowest BCUT2D eigenvalue weighted by atomic mass is 10.2. The third kappa shape index (κ3) is 3.96. The SMILES string of the molecule is O=C(Cc1cccs1)N/N=C\c1ccc(F)cc1F. The Labute approximate surface area is 112 Å². The molecular formula is C13H10F2N2OS. The van der Waals surface area contributed by atoms with Crippen molar-refractivity contribution < 1.29 is 13.6 Å². The molecule has 0 aliphatic rings. The van der Waals surface area contributed by atoms with E-state index in [0.29, 0.717) is 0 Å². The van der Waals surface area contributed by atoms with Crippen molar-refractivity contribution in [2.24, 2.45) is 5.10 Å². The lowest BCUT2D eigenvalue weighted by Crippen LogP contribution is -2.19. The first-order valence-corrected chi connectivity index (χ1v) is 6.32. The molecular weight excluding hydrogens is 270 g/mol. The molecule has 1 heterocycles. The van der Waals surface area contributed by atoms with Gasteiger partial charge in [-0.2, -0.15) is 5.10 Å². The van der Waals surface area contributed by atoms with Gasteiger partial charge in [-0.1, -0.05) is 6.07 Å². The van der Waals surface area contributed by atoms with E-state index in [9.17, 15) is 13.6 Å². The second kappa shape index (κ2) is 6.19. The maximum atomic E-state index is 13.2. The third-order valence-corrected chi connectivity index (χ3v) is 3.15. The molecule has 1 aromatic heterocycles. The van der Waals surface area contributed by atoms with E-state index >= 15 is 0 Å². The fourth-order valence-electron chi connectivity index (χ4n) is 1.39. The molecule has 1 aromatic carbocycles. The molecule has 0 bridgehead atoms. The monoisotopic (exact) mass is 280 g/mol. The van der Waals surface area contributed by atoms with Crippen LogP contribution in [-0.2, 0) is 11.2 Å². The van der Waals surface area contributed by atoms with Crippen LogP contribution < -0.4 is 5.43 Å². The summed E-state index contributed by atoms with van der Waals surface area (Å²) in [5.74, 6) is -1.67. The number of nitrogens with one attached hydrogen (secondary N) is 1. The van der Waals surface area contributed by atoms with Crippen LogP contribution >= 0.6 is 11.3 Å². The topological polar surface area (TPSA) is 41.5 Å². The van der Waals surface area contributed by atoms with E-state index in [4.69, 9.17) is 0 Å². The number of hydrazone groups is 1. The van der Waals surface area contributed by atoms with Crippen LogP contribution in [-0.4, -0.2) is 12.1 Å². The molecule has 0 atom stereocenters. The van der Waals surface area contributed by atoms with E-state index in [1.165, 1.54) is 17.4 Å². The summed E-state index contributed by atoms with van der Waals surface area (Å²) in [4.78, 5) is 12.4. The van der Waals surface area contributed by atoms with Crippen LogP contribution in [0.2, 0.25) is 0 Å². The minimum atomic E-state index is -0.726. The van der Waals surface area contributed by atoms with Gasteiger partial charge in [-0.05, 0) is 23.6 Å². The Balaban J connectivity index is 1.91. The molecule has 0 unspecified atom stereocenters. The summed E-state index contributed by atoms with van der Waals surface area (Å²) in [6.45, 7) is 0. The number of carbonyl (C=O) groups excluding carboxylic acids is 1. The minimum Gasteiger partial charge on any atom is -0.273 e. The van der Waals surface area contributed by atoms with Crippen molar-refractivity contribution in [3.05, 3.63) is 57.8 Å². The Morgan fingerprint density at radius 1 is 1.37 bits per heavy atom. The number of amides is 1. The summed E-state index contributed by atoms with van der Waals surface area (Å²) in [5, 5.41) is 5.50. The second-order valence-corrected chi connectivity index (χ2v) is 4.75. The maximum absolute atomic E-state index is 13.2. The highest BCUT2D eigenvalue weighted by Crippen LogP contribution is 2.09. The Kier molecular flexibility index (Phi) is 4.35. The van der Waals surface area contributed by atoms with Gasteiger partial charge in [0.15, 0.2) is 0 Å². The van der Waals surface area contributed by atoms with Crippen molar-refractivity contribution in [2.45, 2.75) is 6.42 Å². The van der Waals surface area contributed by atoms with E-state index in [-0.39, 0.29) is 17.9 Å². The quantitative estimate of drug-likeness (QED) is 0.679. The van der Waals surface area contributed by atoms with E-state index in [2.05, 4.69) is 10.5 Å². The van der Waals surface area contributed by atoms with E-state index < -0.39 is 11.6 Å². The van der Waals surface area contributed by atoms with E-state index in [1.807, 2.05) is 17.5 Å². The molecule has 3 nitrogen and oxygen atoms in total. The molecule has 1 amide bonds. The highest BCUT2D eigenvalue weighted by Gasteiger charge is 2.03. The molecule has 0 saturated heterocycles. The van der Waals surface area contributed by atoms with Crippen LogP contribution in [0.3, 0.4) is 0 Å². The molecule has 98 valence electrons. The van der Waals surface area contributed by atoms with E-state index in [0.717, 1.165) is 23.2 Å². The van der Waals surface area contributed by atoms with Crippen LogP contribution in [0.1, 0.15) is 10.4 Å². The first kappa shape index (κ1) is 13.4. The first-order valence-electron chi connectivity index (χ1n) is 5.44. The van der Waals surface area contributed by atoms with Crippen molar-refractivity contribution in [1.82, 2.24) is 5.43 Å². The Morgan fingerprint density at radius 2 is 2.21 bits per heavy atom. The Hall–Kier alpha value is -2.08. The Morgan fingerprint density at radius 3 is 2.89 bits per heavy atom. The number of carbonyl (C=O) groups is 1. The number of hydrogen-bond donors (Lipinski definition) is 1. The highest BCUT2D eigenvalue weighted by molar-refractivity contribution is 7.10. The molecule has 2 aromatic rings. The molecule has 2 rings (SSSR count). The zero-order chi connectivity index (χ0) is 13.7. The van der Waals surface area contributed by atoms with Gasteiger partial charge in [-0.25, -0.2) is 14.2 Å². The summed E-state index contributed by atoms with van der Waals surface area (Å²) in [6, 6.07) is 6.82. The summed E-state index contributed by atoms with van der Waals surface area (Å²) >= 11 is 1.47. The van der Waals surface area contributed by atoms with Gasteiger partial charge < -0.3 is 0 Å². The maximum Gasteiger partial charge on any atom is 0.245 e. The molecule has 6 heteroatoms. The lowest BCUT2D eigenvalue weighted by Gasteiger charge is -1.98. The van der Waals surface area contributed by atoms with Gasteiger partial charge in [-0.15, -0.1) is 11.3 Å². The number of benzene rings is 1. The van der Waals surface area contributed by atoms with Crippen LogP contribution in [0.15, 0.2) is 40.8 Å². The normalized spacial score (nSPS) is 10.8. The lowest BCUT2D eigenvalue weighted by molar-refractivity contribution is -0.120. The molecule has 19 heavy (non-hydrogen) atoms. The van der Waals surface area contributed by atoms with Crippen molar-refractivity contribution in [2.75, 3.05) is 0 Å². The van der Waals surface area contributed by atoms with Crippen molar-refractivity contribution in [3.8, 4) is 0 Å². The zero-order valence-corrected chi connectivity index (χ0v) is 10.6.